The summed E-state index contributed by atoms with van der Waals surface area (Å²) in [7, 11) is 0. The van der Waals surface area contributed by atoms with Crippen molar-refractivity contribution >= 4 is 12.4 Å². The SMILES string of the molecule is Cl.NCC1CCCCCN1. The summed E-state index contributed by atoms with van der Waals surface area (Å²) in [5, 5.41) is 3.41. The molecule has 1 aliphatic rings. The molecule has 0 saturated carbocycles. The smallest absolute Gasteiger partial charge is 0.0190 e. The van der Waals surface area contributed by atoms with Crippen LogP contribution >= 0.6 is 12.4 Å². The fourth-order valence-corrected chi connectivity index (χ4v) is 1.30. The van der Waals surface area contributed by atoms with Crippen molar-refractivity contribution in [3.05, 3.63) is 0 Å². The van der Waals surface area contributed by atoms with Gasteiger partial charge in [0, 0.05) is 12.6 Å². The lowest BCUT2D eigenvalue weighted by atomic mass is 10.1. The highest BCUT2D eigenvalue weighted by molar-refractivity contribution is 5.85. The minimum atomic E-state index is 0. The van der Waals surface area contributed by atoms with Crippen LogP contribution in [0, 0.1) is 0 Å². The maximum absolute atomic E-state index is 5.51. The van der Waals surface area contributed by atoms with Gasteiger partial charge in [0.05, 0.1) is 0 Å². The molecule has 10 heavy (non-hydrogen) atoms. The van der Waals surface area contributed by atoms with E-state index in [4.69, 9.17) is 5.73 Å². The summed E-state index contributed by atoms with van der Waals surface area (Å²) in [6.07, 6.45) is 5.34. The van der Waals surface area contributed by atoms with Crippen molar-refractivity contribution in [3.8, 4) is 0 Å². The second-order valence-electron chi connectivity index (χ2n) is 2.74. The van der Waals surface area contributed by atoms with Crippen LogP contribution in [0.15, 0.2) is 0 Å². The summed E-state index contributed by atoms with van der Waals surface area (Å²) in [4.78, 5) is 0. The fraction of sp³-hybridized carbons (Fsp3) is 1.00. The molecule has 0 aliphatic carbocycles. The maximum atomic E-state index is 5.51. The molecule has 2 nitrogen and oxygen atoms in total. The molecule has 1 saturated heterocycles. The molecule has 0 radical (unpaired) electrons. The number of rotatable bonds is 1. The molecule has 0 aromatic carbocycles. The van der Waals surface area contributed by atoms with Gasteiger partial charge >= 0.3 is 0 Å². The van der Waals surface area contributed by atoms with Gasteiger partial charge in [0.1, 0.15) is 0 Å². The van der Waals surface area contributed by atoms with Crippen LogP contribution in [0.25, 0.3) is 0 Å². The van der Waals surface area contributed by atoms with Crippen LogP contribution in [-0.4, -0.2) is 19.1 Å². The predicted octanol–water partition coefficient (Wildman–Crippen LogP) is 0.899. The Labute approximate surface area is 69.0 Å². The summed E-state index contributed by atoms with van der Waals surface area (Å²) in [6.45, 7) is 1.97. The van der Waals surface area contributed by atoms with Gasteiger partial charge in [-0.05, 0) is 19.4 Å². The Morgan fingerprint density at radius 2 is 2.10 bits per heavy atom. The van der Waals surface area contributed by atoms with Gasteiger partial charge < -0.3 is 11.1 Å². The van der Waals surface area contributed by atoms with Gasteiger partial charge in [0.2, 0.25) is 0 Å². The topological polar surface area (TPSA) is 38.0 Å². The Bertz CT molecular complexity index is 70.0. The molecular weight excluding hydrogens is 148 g/mol. The first-order valence-corrected chi connectivity index (χ1v) is 3.87. The van der Waals surface area contributed by atoms with E-state index in [0.717, 1.165) is 6.54 Å². The quantitative estimate of drug-likeness (QED) is 0.605. The van der Waals surface area contributed by atoms with Crippen LogP contribution in [0.3, 0.4) is 0 Å². The molecule has 62 valence electrons. The first-order chi connectivity index (χ1) is 4.43. The molecule has 1 unspecified atom stereocenters. The minimum absolute atomic E-state index is 0. The first-order valence-electron chi connectivity index (χ1n) is 3.87. The molecular formula is C7H17ClN2. The Balaban J connectivity index is 0.000000810. The van der Waals surface area contributed by atoms with E-state index < -0.39 is 0 Å². The zero-order valence-corrected chi connectivity index (χ0v) is 7.12. The molecule has 0 spiro atoms. The zero-order chi connectivity index (χ0) is 6.53. The van der Waals surface area contributed by atoms with Crippen LogP contribution in [0.2, 0.25) is 0 Å². The molecule has 0 aromatic rings. The Morgan fingerprint density at radius 3 is 2.80 bits per heavy atom. The number of hydrogen-bond acceptors (Lipinski definition) is 2. The van der Waals surface area contributed by atoms with Gasteiger partial charge in [-0.1, -0.05) is 12.8 Å². The number of hydrogen-bond donors (Lipinski definition) is 2. The lowest BCUT2D eigenvalue weighted by molar-refractivity contribution is 0.519. The second-order valence-corrected chi connectivity index (χ2v) is 2.74. The van der Waals surface area contributed by atoms with Crippen molar-refractivity contribution in [2.24, 2.45) is 5.73 Å². The van der Waals surface area contributed by atoms with Gasteiger partial charge in [-0.25, -0.2) is 0 Å². The average Bonchev–Trinajstić information content (AvgIpc) is 2.13. The minimum Gasteiger partial charge on any atom is -0.329 e. The standard InChI is InChI=1S/C7H16N2.ClH/c8-6-7-4-2-1-3-5-9-7;/h7,9H,1-6,8H2;1H. The Hall–Kier alpha value is 0.210. The van der Waals surface area contributed by atoms with E-state index in [2.05, 4.69) is 5.32 Å². The second kappa shape index (κ2) is 5.96. The summed E-state index contributed by atoms with van der Waals surface area (Å²) in [5.41, 5.74) is 5.51. The van der Waals surface area contributed by atoms with E-state index >= 15 is 0 Å². The largest absolute Gasteiger partial charge is 0.329 e. The lowest BCUT2D eigenvalue weighted by Crippen LogP contribution is -2.35. The third-order valence-corrected chi connectivity index (χ3v) is 1.95. The number of nitrogens with one attached hydrogen (secondary N) is 1. The number of nitrogens with two attached hydrogens (primary N) is 1. The van der Waals surface area contributed by atoms with Crippen molar-refractivity contribution in [1.82, 2.24) is 5.32 Å². The summed E-state index contributed by atoms with van der Waals surface area (Å²) >= 11 is 0. The van der Waals surface area contributed by atoms with Gasteiger partial charge in [0.15, 0.2) is 0 Å². The molecule has 1 atom stereocenters. The molecule has 1 heterocycles. The maximum Gasteiger partial charge on any atom is 0.0190 e. The van der Waals surface area contributed by atoms with Crippen molar-refractivity contribution in [3.63, 3.8) is 0 Å². The van der Waals surface area contributed by atoms with E-state index in [1.165, 1.54) is 32.2 Å². The highest BCUT2D eigenvalue weighted by atomic mass is 35.5. The van der Waals surface area contributed by atoms with Crippen molar-refractivity contribution < 1.29 is 0 Å². The fourth-order valence-electron chi connectivity index (χ4n) is 1.30. The van der Waals surface area contributed by atoms with Crippen LogP contribution in [0.1, 0.15) is 25.7 Å². The first kappa shape index (κ1) is 10.2. The summed E-state index contributed by atoms with van der Waals surface area (Å²) in [5.74, 6) is 0. The molecule has 0 amide bonds. The third kappa shape index (κ3) is 3.40. The summed E-state index contributed by atoms with van der Waals surface area (Å²) < 4.78 is 0. The normalized spacial score (nSPS) is 26.7. The van der Waals surface area contributed by atoms with Crippen molar-refractivity contribution in [2.75, 3.05) is 13.1 Å². The Kier molecular flexibility index (Phi) is 6.08. The zero-order valence-electron chi connectivity index (χ0n) is 6.31. The average molecular weight is 165 g/mol. The van der Waals surface area contributed by atoms with Crippen LogP contribution in [0.5, 0.6) is 0 Å². The van der Waals surface area contributed by atoms with E-state index in [9.17, 15) is 0 Å². The molecule has 0 aromatic heterocycles. The molecule has 3 N–H and O–H groups in total. The Morgan fingerprint density at radius 1 is 1.30 bits per heavy atom. The van der Waals surface area contributed by atoms with Crippen molar-refractivity contribution in [1.29, 1.82) is 0 Å². The lowest BCUT2D eigenvalue weighted by Gasteiger charge is -2.11. The molecule has 1 aliphatic heterocycles. The summed E-state index contributed by atoms with van der Waals surface area (Å²) in [6, 6.07) is 0.604. The van der Waals surface area contributed by atoms with Crippen molar-refractivity contribution in [2.45, 2.75) is 31.7 Å². The van der Waals surface area contributed by atoms with Crippen LogP contribution in [0.4, 0.5) is 0 Å². The predicted molar refractivity (Wildman–Crippen MR) is 46.6 cm³/mol. The monoisotopic (exact) mass is 164 g/mol. The van der Waals surface area contributed by atoms with E-state index in [-0.39, 0.29) is 12.4 Å². The van der Waals surface area contributed by atoms with Crippen LogP contribution < -0.4 is 11.1 Å². The van der Waals surface area contributed by atoms with Gasteiger partial charge in [-0.15, -0.1) is 12.4 Å². The van der Waals surface area contributed by atoms with Crippen LogP contribution in [-0.2, 0) is 0 Å². The molecule has 3 heteroatoms. The third-order valence-electron chi connectivity index (χ3n) is 1.95. The highest BCUT2D eigenvalue weighted by Crippen LogP contribution is 2.06. The molecule has 1 fully saturated rings. The van der Waals surface area contributed by atoms with E-state index in [1.807, 2.05) is 0 Å². The van der Waals surface area contributed by atoms with Gasteiger partial charge in [-0.3, -0.25) is 0 Å². The van der Waals surface area contributed by atoms with Gasteiger partial charge in [0.25, 0.3) is 0 Å². The molecule has 0 bridgehead atoms. The van der Waals surface area contributed by atoms with Gasteiger partial charge in [-0.2, -0.15) is 0 Å². The van der Waals surface area contributed by atoms with E-state index in [1.54, 1.807) is 0 Å². The highest BCUT2D eigenvalue weighted by Gasteiger charge is 2.07. The number of halogens is 1. The molecule has 1 rings (SSSR count). The van der Waals surface area contributed by atoms with E-state index in [0.29, 0.717) is 6.04 Å².